The SMILES string of the molecule is CCNCc1ccc(C)c(S(=O)(=O)NC2CCSC2)c1. The van der Waals surface area contributed by atoms with Crippen molar-refractivity contribution in [2.24, 2.45) is 0 Å². The van der Waals surface area contributed by atoms with Crippen molar-refractivity contribution in [2.75, 3.05) is 18.1 Å². The molecule has 1 atom stereocenters. The minimum atomic E-state index is -3.41. The van der Waals surface area contributed by atoms with Gasteiger partial charge in [0.2, 0.25) is 10.0 Å². The van der Waals surface area contributed by atoms with Crippen molar-refractivity contribution in [1.82, 2.24) is 10.0 Å². The fourth-order valence-corrected chi connectivity index (χ4v) is 5.05. The second-order valence-corrected chi connectivity index (χ2v) is 7.89. The quantitative estimate of drug-likeness (QED) is 0.842. The molecule has 1 aromatic carbocycles. The Kier molecular flexibility index (Phi) is 5.49. The van der Waals surface area contributed by atoms with Crippen molar-refractivity contribution < 1.29 is 8.42 Å². The fourth-order valence-electron chi connectivity index (χ4n) is 2.22. The summed E-state index contributed by atoms with van der Waals surface area (Å²) >= 11 is 1.80. The first-order valence-corrected chi connectivity index (χ1v) is 9.57. The molecule has 1 aromatic rings. The molecule has 112 valence electrons. The third-order valence-electron chi connectivity index (χ3n) is 3.37. The molecule has 4 nitrogen and oxygen atoms in total. The monoisotopic (exact) mass is 314 g/mol. The van der Waals surface area contributed by atoms with Gasteiger partial charge in [0.1, 0.15) is 0 Å². The van der Waals surface area contributed by atoms with Crippen molar-refractivity contribution in [3.05, 3.63) is 29.3 Å². The smallest absolute Gasteiger partial charge is 0.241 e. The van der Waals surface area contributed by atoms with Crippen LogP contribution in [0.4, 0.5) is 0 Å². The Hall–Kier alpha value is -0.560. The number of aryl methyl sites for hydroxylation is 1. The van der Waals surface area contributed by atoms with Crippen LogP contribution in [0.2, 0.25) is 0 Å². The van der Waals surface area contributed by atoms with Gasteiger partial charge in [-0.25, -0.2) is 13.1 Å². The summed E-state index contributed by atoms with van der Waals surface area (Å²) in [7, 11) is -3.41. The van der Waals surface area contributed by atoms with Crippen molar-refractivity contribution in [3.63, 3.8) is 0 Å². The van der Waals surface area contributed by atoms with E-state index in [1.54, 1.807) is 17.8 Å². The molecule has 1 aliphatic heterocycles. The number of hydrogen-bond donors (Lipinski definition) is 2. The van der Waals surface area contributed by atoms with Crippen LogP contribution in [0.15, 0.2) is 23.1 Å². The van der Waals surface area contributed by atoms with Crippen LogP contribution >= 0.6 is 11.8 Å². The molecule has 1 fully saturated rings. The zero-order valence-electron chi connectivity index (χ0n) is 12.0. The molecule has 20 heavy (non-hydrogen) atoms. The van der Waals surface area contributed by atoms with Gasteiger partial charge in [-0.3, -0.25) is 0 Å². The van der Waals surface area contributed by atoms with Gasteiger partial charge in [-0.15, -0.1) is 0 Å². The lowest BCUT2D eigenvalue weighted by atomic mass is 10.1. The van der Waals surface area contributed by atoms with E-state index >= 15 is 0 Å². The van der Waals surface area contributed by atoms with Gasteiger partial charge in [-0.05, 0) is 42.8 Å². The molecule has 2 N–H and O–H groups in total. The van der Waals surface area contributed by atoms with Gasteiger partial charge < -0.3 is 5.32 Å². The van der Waals surface area contributed by atoms with Gasteiger partial charge in [0.15, 0.2) is 0 Å². The number of hydrogen-bond acceptors (Lipinski definition) is 4. The Balaban J connectivity index is 2.20. The Morgan fingerprint density at radius 3 is 2.85 bits per heavy atom. The molecule has 0 radical (unpaired) electrons. The number of rotatable bonds is 6. The molecule has 6 heteroatoms. The van der Waals surface area contributed by atoms with Crippen LogP contribution in [0.3, 0.4) is 0 Å². The lowest BCUT2D eigenvalue weighted by molar-refractivity contribution is 0.562. The van der Waals surface area contributed by atoms with Crippen LogP contribution < -0.4 is 10.0 Å². The largest absolute Gasteiger partial charge is 0.313 e. The highest BCUT2D eigenvalue weighted by Gasteiger charge is 2.24. The predicted octanol–water partition coefficient (Wildman–Crippen LogP) is 1.89. The van der Waals surface area contributed by atoms with E-state index in [9.17, 15) is 8.42 Å². The molecule has 1 heterocycles. The molecule has 2 rings (SSSR count). The van der Waals surface area contributed by atoms with Crippen LogP contribution in [0.25, 0.3) is 0 Å². The van der Waals surface area contributed by atoms with E-state index in [0.717, 1.165) is 35.6 Å². The number of nitrogens with one attached hydrogen (secondary N) is 2. The standard InChI is InChI=1S/C14H22N2O2S2/c1-3-15-9-12-5-4-11(2)14(8-12)20(17,18)16-13-6-7-19-10-13/h4-5,8,13,15-16H,3,6-7,9-10H2,1-2H3. The first-order valence-electron chi connectivity index (χ1n) is 6.93. The fraction of sp³-hybridized carbons (Fsp3) is 0.571. The second kappa shape index (κ2) is 6.93. The number of benzene rings is 1. The zero-order chi connectivity index (χ0) is 14.6. The highest BCUT2D eigenvalue weighted by Crippen LogP contribution is 2.22. The highest BCUT2D eigenvalue weighted by molar-refractivity contribution is 7.99. The van der Waals surface area contributed by atoms with Crippen molar-refractivity contribution in [3.8, 4) is 0 Å². The summed E-state index contributed by atoms with van der Waals surface area (Å²) < 4.78 is 27.8. The maximum Gasteiger partial charge on any atom is 0.241 e. The zero-order valence-corrected chi connectivity index (χ0v) is 13.6. The van der Waals surface area contributed by atoms with Crippen LogP contribution in [0.1, 0.15) is 24.5 Å². The molecule has 1 aliphatic rings. The van der Waals surface area contributed by atoms with Gasteiger partial charge in [0, 0.05) is 18.3 Å². The Morgan fingerprint density at radius 1 is 1.40 bits per heavy atom. The van der Waals surface area contributed by atoms with Gasteiger partial charge >= 0.3 is 0 Å². The molecule has 0 aromatic heterocycles. The molecule has 0 amide bonds. The van der Waals surface area contributed by atoms with E-state index in [0.29, 0.717) is 11.4 Å². The summed E-state index contributed by atoms with van der Waals surface area (Å²) in [6, 6.07) is 5.71. The van der Waals surface area contributed by atoms with E-state index in [1.807, 2.05) is 26.0 Å². The Labute approximate surface area is 125 Å². The second-order valence-electron chi connectivity index (χ2n) is 5.06. The lowest BCUT2D eigenvalue weighted by Crippen LogP contribution is -2.35. The highest BCUT2D eigenvalue weighted by atomic mass is 32.2. The molecular formula is C14H22N2O2S2. The van der Waals surface area contributed by atoms with Crippen LogP contribution in [0, 0.1) is 6.92 Å². The molecule has 0 saturated carbocycles. The molecule has 1 saturated heterocycles. The number of sulfonamides is 1. The van der Waals surface area contributed by atoms with Crippen LogP contribution in [-0.2, 0) is 16.6 Å². The van der Waals surface area contributed by atoms with E-state index < -0.39 is 10.0 Å². The van der Waals surface area contributed by atoms with Crippen molar-refractivity contribution in [2.45, 2.75) is 37.8 Å². The molecule has 0 aliphatic carbocycles. The van der Waals surface area contributed by atoms with Crippen LogP contribution in [0.5, 0.6) is 0 Å². The third-order valence-corrected chi connectivity index (χ3v) is 6.20. The predicted molar refractivity (Wildman–Crippen MR) is 84.6 cm³/mol. The lowest BCUT2D eigenvalue weighted by Gasteiger charge is -2.15. The van der Waals surface area contributed by atoms with E-state index in [-0.39, 0.29) is 6.04 Å². The first kappa shape index (κ1) is 15.8. The molecular weight excluding hydrogens is 292 g/mol. The Morgan fingerprint density at radius 2 is 2.20 bits per heavy atom. The maximum atomic E-state index is 12.5. The van der Waals surface area contributed by atoms with E-state index in [1.165, 1.54) is 0 Å². The molecule has 0 spiro atoms. The van der Waals surface area contributed by atoms with Gasteiger partial charge in [0.25, 0.3) is 0 Å². The molecule has 1 unspecified atom stereocenters. The van der Waals surface area contributed by atoms with Gasteiger partial charge in [-0.1, -0.05) is 19.1 Å². The average molecular weight is 314 g/mol. The maximum absolute atomic E-state index is 12.5. The van der Waals surface area contributed by atoms with E-state index in [2.05, 4.69) is 10.0 Å². The topological polar surface area (TPSA) is 58.2 Å². The summed E-state index contributed by atoms with van der Waals surface area (Å²) in [6.07, 6.45) is 0.917. The van der Waals surface area contributed by atoms with Crippen molar-refractivity contribution in [1.29, 1.82) is 0 Å². The van der Waals surface area contributed by atoms with Gasteiger partial charge in [0.05, 0.1) is 4.90 Å². The van der Waals surface area contributed by atoms with E-state index in [4.69, 9.17) is 0 Å². The minimum absolute atomic E-state index is 0.0711. The van der Waals surface area contributed by atoms with Crippen LogP contribution in [-0.4, -0.2) is 32.5 Å². The number of thioether (sulfide) groups is 1. The van der Waals surface area contributed by atoms with Gasteiger partial charge in [-0.2, -0.15) is 11.8 Å². The third kappa shape index (κ3) is 3.97. The molecule has 0 bridgehead atoms. The summed E-state index contributed by atoms with van der Waals surface area (Å²) in [4.78, 5) is 0.407. The summed E-state index contributed by atoms with van der Waals surface area (Å²) in [6.45, 7) is 5.44. The summed E-state index contributed by atoms with van der Waals surface area (Å²) in [5.74, 6) is 1.90. The summed E-state index contributed by atoms with van der Waals surface area (Å²) in [5.41, 5.74) is 1.79. The first-order chi connectivity index (χ1) is 9.53. The average Bonchev–Trinajstić information content (AvgIpc) is 2.89. The normalized spacial score (nSPS) is 19.4. The Bertz CT molecular complexity index is 552. The minimum Gasteiger partial charge on any atom is -0.313 e. The summed E-state index contributed by atoms with van der Waals surface area (Å²) in [5, 5.41) is 3.22. The van der Waals surface area contributed by atoms with Crippen molar-refractivity contribution >= 4 is 21.8 Å².